The Labute approximate surface area is 109 Å². The average Bonchev–Trinajstić information content (AvgIpc) is 2.34. The van der Waals surface area contributed by atoms with Crippen LogP contribution in [0.25, 0.3) is 0 Å². The topological polar surface area (TPSA) is 56.3 Å². The fourth-order valence-corrected chi connectivity index (χ4v) is 1.23. The molecule has 1 heterocycles. The Kier molecular flexibility index (Phi) is 5.81. The summed E-state index contributed by atoms with van der Waals surface area (Å²) < 4.78 is 48.0. The highest BCUT2D eigenvalue weighted by atomic mass is 19.4. The summed E-state index contributed by atoms with van der Waals surface area (Å²) in [7, 11) is 0. The fraction of sp³-hybridized carbons (Fsp3) is 0.636. The minimum atomic E-state index is -4.54. The molecule has 5 nitrogen and oxygen atoms in total. The Morgan fingerprint density at radius 1 is 1.21 bits per heavy atom. The van der Waals surface area contributed by atoms with E-state index < -0.39 is 11.9 Å². The number of nitrogens with zero attached hydrogens (tertiary/aromatic N) is 2. The zero-order valence-corrected chi connectivity index (χ0v) is 10.8. The highest BCUT2D eigenvalue weighted by molar-refractivity contribution is 5.31. The van der Waals surface area contributed by atoms with Crippen LogP contribution in [0.4, 0.5) is 19.1 Å². The van der Waals surface area contributed by atoms with Gasteiger partial charge >= 0.3 is 6.18 Å². The third-order valence-corrected chi connectivity index (χ3v) is 2.01. The summed E-state index contributed by atoms with van der Waals surface area (Å²) in [5.74, 6) is -0.235. The van der Waals surface area contributed by atoms with E-state index in [1.807, 2.05) is 6.92 Å². The number of halogens is 3. The van der Waals surface area contributed by atoms with Crippen LogP contribution >= 0.6 is 0 Å². The van der Waals surface area contributed by atoms with Gasteiger partial charge in [0.1, 0.15) is 6.61 Å². The normalized spacial score (nSPS) is 11.4. The fourth-order valence-electron chi connectivity index (χ4n) is 1.23. The van der Waals surface area contributed by atoms with Crippen molar-refractivity contribution in [1.82, 2.24) is 9.97 Å². The Bertz CT molecular complexity index is 399. The van der Waals surface area contributed by atoms with E-state index >= 15 is 0 Å². The van der Waals surface area contributed by atoms with Crippen molar-refractivity contribution in [3.8, 4) is 5.88 Å². The molecule has 19 heavy (non-hydrogen) atoms. The summed E-state index contributed by atoms with van der Waals surface area (Å²) in [6, 6.07) is 0.771. The number of rotatable bonds is 7. The van der Waals surface area contributed by atoms with Crippen molar-refractivity contribution >= 4 is 5.95 Å². The van der Waals surface area contributed by atoms with Gasteiger partial charge < -0.3 is 14.8 Å². The molecule has 0 saturated heterocycles. The van der Waals surface area contributed by atoms with Crippen LogP contribution in [0.3, 0.4) is 0 Å². The molecule has 0 aliphatic heterocycles. The monoisotopic (exact) mass is 279 g/mol. The summed E-state index contributed by atoms with van der Waals surface area (Å²) in [6.45, 7) is 4.91. The lowest BCUT2D eigenvalue weighted by Gasteiger charge is -2.11. The molecule has 0 aliphatic carbocycles. The van der Waals surface area contributed by atoms with Gasteiger partial charge in [0.2, 0.25) is 11.8 Å². The zero-order valence-electron chi connectivity index (χ0n) is 10.8. The maximum absolute atomic E-state index is 12.6. The molecule has 8 heteroatoms. The molecule has 0 amide bonds. The Hall–Kier alpha value is -1.57. The van der Waals surface area contributed by atoms with E-state index in [-0.39, 0.29) is 18.4 Å². The van der Waals surface area contributed by atoms with Crippen molar-refractivity contribution in [2.45, 2.75) is 20.0 Å². The largest absolute Gasteiger partial charge is 0.475 e. The number of alkyl halides is 3. The van der Waals surface area contributed by atoms with Crippen molar-refractivity contribution in [1.29, 1.82) is 0 Å². The number of hydrogen-bond donors (Lipinski definition) is 1. The maximum Gasteiger partial charge on any atom is 0.433 e. The molecule has 0 bridgehead atoms. The van der Waals surface area contributed by atoms with E-state index in [1.54, 1.807) is 6.92 Å². The van der Waals surface area contributed by atoms with Gasteiger partial charge in [-0.2, -0.15) is 18.2 Å². The Morgan fingerprint density at radius 2 is 1.95 bits per heavy atom. The van der Waals surface area contributed by atoms with E-state index in [4.69, 9.17) is 9.47 Å². The maximum atomic E-state index is 12.6. The average molecular weight is 279 g/mol. The second-order valence-electron chi connectivity index (χ2n) is 3.49. The minimum Gasteiger partial charge on any atom is -0.475 e. The first-order valence-corrected chi connectivity index (χ1v) is 5.88. The summed E-state index contributed by atoms with van der Waals surface area (Å²) in [4.78, 5) is 7.21. The van der Waals surface area contributed by atoms with E-state index in [2.05, 4.69) is 15.3 Å². The smallest absolute Gasteiger partial charge is 0.433 e. The van der Waals surface area contributed by atoms with E-state index in [9.17, 15) is 13.2 Å². The van der Waals surface area contributed by atoms with Crippen LogP contribution in [0.1, 0.15) is 19.5 Å². The van der Waals surface area contributed by atoms with Crippen molar-refractivity contribution < 1.29 is 22.6 Å². The molecule has 108 valence electrons. The molecule has 1 aromatic rings. The molecule has 0 spiro atoms. The van der Waals surface area contributed by atoms with Crippen molar-refractivity contribution in [2.24, 2.45) is 0 Å². The second-order valence-corrected chi connectivity index (χ2v) is 3.49. The Morgan fingerprint density at radius 3 is 2.53 bits per heavy atom. The molecule has 0 radical (unpaired) electrons. The lowest BCUT2D eigenvalue weighted by molar-refractivity contribution is -0.141. The van der Waals surface area contributed by atoms with Gasteiger partial charge in [0.05, 0.1) is 6.61 Å². The van der Waals surface area contributed by atoms with Crippen LogP contribution in [-0.2, 0) is 10.9 Å². The lowest BCUT2D eigenvalue weighted by atomic mass is 10.4. The number of ether oxygens (including phenoxy) is 2. The van der Waals surface area contributed by atoms with Crippen LogP contribution in [0, 0.1) is 0 Å². The first kappa shape index (κ1) is 15.5. The predicted octanol–water partition coefficient (Wildman–Crippen LogP) is 2.34. The van der Waals surface area contributed by atoms with Crippen LogP contribution in [0.5, 0.6) is 5.88 Å². The van der Waals surface area contributed by atoms with Gasteiger partial charge in [0, 0.05) is 19.2 Å². The molecule has 0 fully saturated rings. The molecule has 1 N–H and O–H groups in total. The number of hydrogen-bond acceptors (Lipinski definition) is 5. The first-order chi connectivity index (χ1) is 8.97. The molecule has 0 unspecified atom stereocenters. The highest BCUT2D eigenvalue weighted by Gasteiger charge is 2.34. The molecular weight excluding hydrogens is 263 g/mol. The third kappa shape index (κ3) is 5.29. The molecule has 0 atom stereocenters. The number of aromatic nitrogens is 2. The summed E-state index contributed by atoms with van der Waals surface area (Å²) in [5, 5.41) is 2.63. The van der Waals surface area contributed by atoms with Crippen LogP contribution in [0.15, 0.2) is 6.07 Å². The van der Waals surface area contributed by atoms with Crippen LogP contribution in [-0.4, -0.2) is 36.3 Å². The highest BCUT2D eigenvalue weighted by Crippen LogP contribution is 2.30. The summed E-state index contributed by atoms with van der Waals surface area (Å²) >= 11 is 0. The molecule has 0 aromatic carbocycles. The van der Waals surface area contributed by atoms with Gasteiger partial charge in [-0.1, -0.05) is 0 Å². The predicted molar refractivity (Wildman–Crippen MR) is 63.2 cm³/mol. The number of anilines is 1. The van der Waals surface area contributed by atoms with Gasteiger partial charge in [-0.05, 0) is 13.8 Å². The standard InChI is InChI=1S/C11H16F3N3O2/c1-3-15-10-16-8(11(12,13)14)7-9(17-10)19-6-5-18-4-2/h7H,3-6H2,1-2H3,(H,15,16,17). The zero-order chi connectivity index (χ0) is 14.3. The summed E-state index contributed by atoms with van der Waals surface area (Å²) in [6.07, 6.45) is -4.54. The van der Waals surface area contributed by atoms with Gasteiger partial charge in [-0.3, -0.25) is 0 Å². The summed E-state index contributed by atoms with van der Waals surface area (Å²) in [5.41, 5.74) is -1.04. The molecule has 1 rings (SSSR count). The van der Waals surface area contributed by atoms with E-state index in [0.717, 1.165) is 6.07 Å². The molecule has 1 aromatic heterocycles. The van der Waals surface area contributed by atoms with Gasteiger partial charge in [-0.25, -0.2) is 4.98 Å². The quantitative estimate of drug-likeness (QED) is 0.776. The minimum absolute atomic E-state index is 0.108. The van der Waals surface area contributed by atoms with Crippen LogP contribution < -0.4 is 10.1 Å². The molecular formula is C11H16F3N3O2. The SMILES string of the molecule is CCNc1nc(OCCOCC)cc(C(F)(F)F)n1. The van der Waals surface area contributed by atoms with E-state index in [1.165, 1.54) is 0 Å². The van der Waals surface area contributed by atoms with Crippen LogP contribution in [0.2, 0.25) is 0 Å². The van der Waals surface area contributed by atoms with Gasteiger partial charge in [0.25, 0.3) is 0 Å². The molecule has 0 aliphatic rings. The van der Waals surface area contributed by atoms with Crippen molar-refractivity contribution in [3.05, 3.63) is 11.8 Å². The number of nitrogens with one attached hydrogen (secondary N) is 1. The van der Waals surface area contributed by atoms with Gasteiger partial charge in [0.15, 0.2) is 5.69 Å². The second kappa shape index (κ2) is 7.13. The molecule has 0 saturated carbocycles. The third-order valence-electron chi connectivity index (χ3n) is 2.01. The van der Waals surface area contributed by atoms with Crippen molar-refractivity contribution in [3.63, 3.8) is 0 Å². The Balaban J connectivity index is 2.81. The lowest BCUT2D eigenvalue weighted by Crippen LogP contribution is -2.14. The van der Waals surface area contributed by atoms with Crippen molar-refractivity contribution in [2.75, 3.05) is 31.7 Å². The first-order valence-electron chi connectivity index (χ1n) is 5.88. The van der Waals surface area contributed by atoms with E-state index in [0.29, 0.717) is 19.8 Å². The van der Waals surface area contributed by atoms with Gasteiger partial charge in [-0.15, -0.1) is 0 Å².